The summed E-state index contributed by atoms with van der Waals surface area (Å²) >= 11 is 14.2. The minimum Gasteiger partial charge on any atom is -0.480 e. The molecule has 5 heterocycles. The molecule has 4 aromatic rings. The zero-order chi connectivity index (χ0) is 34.6. The van der Waals surface area contributed by atoms with Gasteiger partial charge in [0.05, 0.1) is 52.2 Å². The van der Waals surface area contributed by atoms with Crippen LogP contribution >= 0.6 is 23.2 Å². The summed E-state index contributed by atoms with van der Waals surface area (Å²) < 4.78 is 5.67. The summed E-state index contributed by atoms with van der Waals surface area (Å²) in [4.78, 5) is 47.4. The zero-order valence-corrected chi connectivity index (χ0v) is 29.6. The van der Waals surface area contributed by atoms with Crippen LogP contribution in [0.3, 0.4) is 0 Å². The minimum atomic E-state index is -0.105. The van der Waals surface area contributed by atoms with Crippen LogP contribution in [0.25, 0.3) is 33.6 Å². The highest BCUT2D eigenvalue weighted by Gasteiger charge is 2.48. The van der Waals surface area contributed by atoms with Gasteiger partial charge in [0, 0.05) is 93.2 Å². The first-order chi connectivity index (χ1) is 24.2. The number of ether oxygens (including phenoxy) is 1. The molecule has 13 heteroatoms. The van der Waals surface area contributed by atoms with Crippen LogP contribution in [0, 0.1) is 5.41 Å². The molecule has 2 aromatic heterocycles. The number of nitrogens with zero attached hydrogens (tertiary/aromatic N) is 6. The number of Topliss-reactive ketones (excluding diaryl/α,β-unsaturated/α-hetero) is 1. The van der Waals surface area contributed by atoms with Crippen molar-refractivity contribution in [1.29, 1.82) is 0 Å². The summed E-state index contributed by atoms with van der Waals surface area (Å²) in [5.41, 5.74) is 5.82. The van der Waals surface area contributed by atoms with Gasteiger partial charge in [-0.1, -0.05) is 59.6 Å². The lowest BCUT2D eigenvalue weighted by Crippen LogP contribution is -2.66. The van der Waals surface area contributed by atoms with E-state index in [1.807, 2.05) is 43.4 Å². The number of ketones is 1. The third-order valence-corrected chi connectivity index (χ3v) is 11.4. The van der Waals surface area contributed by atoms with Crippen LogP contribution in [0.4, 0.5) is 5.82 Å². The molecule has 4 fully saturated rings. The van der Waals surface area contributed by atoms with Gasteiger partial charge >= 0.3 is 0 Å². The van der Waals surface area contributed by atoms with Crippen LogP contribution in [0.1, 0.15) is 43.5 Å². The van der Waals surface area contributed by atoms with Crippen molar-refractivity contribution in [3.05, 3.63) is 70.2 Å². The van der Waals surface area contributed by atoms with Gasteiger partial charge < -0.3 is 15.4 Å². The lowest BCUT2D eigenvalue weighted by molar-refractivity contribution is -0.121. The predicted octanol–water partition coefficient (Wildman–Crippen LogP) is 5.64. The number of nitrogens with one attached hydrogen (secondary N) is 2. The molecule has 3 aliphatic heterocycles. The first-order valence-corrected chi connectivity index (χ1v) is 17.7. The smallest absolute Gasteiger partial charge is 0.237 e. The number of rotatable bonds is 9. The maximum absolute atomic E-state index is 11.9. The van der Waals surface area contributed by atoms with Crippen LogP contribution in [0.5, 0.6) is 5.88 Å². The number of methoxy groups -OCH3 is 1. The SMILES string of the molecule is CNc1nc(-c2cccc(-c3cccc(-c4cnc(CN5CC6(CCC(=O)N6)C5)c(OC)n4)c3Cl)c2Cl)cnc1CN1CC2(CCC(=O)C2)C1. The zero-order valence-electron chi connectivity index (χ0n) is 28.1. The summed E-state index contributed by atoms with van der Waals surface area (Å²) in [6, 6.07) is 11.6. The van der Waals surface area contributed by atoms with E-state index >= 15 is 0 Å². The number of carbonyl (C=O) groups is 2. The van der Waals surface area contributed by atoms with Gasteiger partial charge in [-0.15, -0.1) is 0 Å². The molecule has 4 aliphatic rings. The van der Waals surface area contributed by atoms with Gasteiger partial charge in [-0.25, -0.2) is 9.97 Å². The van der Waals surface area contributed by atoms with E-state index in [1.54, 1.807) is 19.5 Å². The maximum Gasteiger partial charge on any atom is 0.237 e. The molecule has 1 saturated carbocycles. The highest BCUT2D eigenvalue weighted by molar-refractivity contribution is 6.39. The largest absolute Gasteiger partial charge is 0.480 e. The van der Waals surface area contributed by atoms with Gasteiger partial charge in [-0.3, -0.25) is 29.4 Å². The highest BCUT2D eigenvalue weighted by atomic mass is 35.5. The molecule has 0 bridgehead atoms. The quantitative estimate of drug-likeness (QED) is 0.225. The fourth-order valence-electron chi connectivity index (χ4n) is 8.17. The Morgan fingerprint density at radius 1 is 0.820 bits per heavy atom. The Kier molecular flexibility index (Phi) is 8.49. The van der Waals surface area contributed by atoms with Crippen molar-refractivity contribution < 1.29 is 14.3 Å². The molecule has 8 rings (SSSR count). The Labute approximate surface area is 300 Å². The minimum absolute atomic E-state index is 0.105. The summed E-state index contributed by atoms with van der Waals surface area (Å²) in [5, 5.41) is 7.33. The average molecular weight is 714 g/mol. The number of likely N-dealkylation sites (tertiary alicyclic amines) is 2. The molecule has 0 atom stereocenters. The predicted molar refractivity (Wildman–Crippen MR) is 192 cm³/mol. The number of benzene rings is 2. The van der Waals surface area contributed by atoms with Gasteiger partial charge in [-0.05, 0) is 12.8 Å². The van der Waals surface area contributed by atoms with Crippen LogP contribution in [0.15, 0.2) is 48.8 Å². The van der Waals surface area contributed by atoms with E-state index in [4.69, 9.17) is 47.9 Å². The van der Waals surface area contributed by atoms with E-state index in [9.17, 15) is 9.59 Å². The van der Waals surface area contributed by atoms with Crippen molar-refractivity contribution in [1.82, 2.24) is 35.1 Å². The van der Waals surface area contributed by atoms with E-state index < -0.39 is 0 Å². The second kappa shape index (κ2) is 12.9. The van der Waals surface area contributed by atoms with Crippen molar-refractivity contribution in [2.24, 2.45) is 5.41 Å². The van der Waals surface area contributed by atoms with Crippen LogP contribution in [0.2, 0.25) is 10.0 Å². The topological polar surface area (TPSA) is 125 Å². The molecule has 50 heavy (non-hydrogen) atoms. The molecule has 2 spiro atoms. The van der Waals surface area contributed by atoms with E-state index in [0.29, 0.717) is 76.8 Å². The Bertz CT molecular complexity index is 1870. The Morgan fingerprint density at radius 3 is 2.00 bits per heavy atom. The molecule has 0 unspecified atom stereocenters. The number of aromatic nitrogens is 4. The van der Waals surface area contributed by atoms with Crippen LogP contribution in [-0.2, 0) is 22.7 Å². The normalized spacial score (nSPS) is 19.4. The number of anilines is 1. The lowest BCUT2D eigenvalue weighted by atomic mass is 9.78. The van der Waals surface area contributed by atoms with Gasteiger partial charge in [0.15, 0.2) is 0 Å². The standard InChI is InChI=1S/C37H38Cl2N8O3/c1-40-34-29(16-46-18-36(19-46)11-9-22(48)13-36)41-14-27(43-34)25-7-3-5-23(32(25)38)24-6-4-8-26(33(24)39)28-15-42-30(35(44-28)50-2)17-47-20-37(21-47)12-10-31(49)45-37/h3-8,14-15H,9-13,16-21H2,1-2H3,(H,40,43)(H,45,49). The molecule has 2 N–H and O–H groups in total. The third-order valence-electron chi connectivity index (χ3n) is 10.6. The number of amides is 1. The fourth-order valence-corrected chi connectivity index (χ4v) is 8.82. The molecule has 11 nitrogen and oxygen atoms in total. The number of halogens is 2. The number of hydrogen-bond donors (Lipinski definition) is 2. The summed E-state index contributed by atoms with van der Waals surface area (Å²) in [5.74, 6) is 1.64. The second-order valence-corrected chi connectivity index (χ2v) is 14.9. The molecular weight excluding hydrogens is 675 g/mol. The molecule has 258 valence electrons. The lowest BCUT2D eigenvalue weighted by Gasteiger charge is -2.47. The van der Waals surface area contributed by atoms with Crippen molar-refractivity contribution in [2.75, 3.05) is 45.7 Å². The molecule has 2 aromatic carbocycles. The maximum atomic E-state index is 11.9. The molecule has 0 radical (unpaired) electrons. The first-order valence-electron chi connectivity index (χ1n) is 17.0. The molecule has 1 amide bonds. The molecular formula is C37H38Cl2N8O3. The summed E-state index contributed by atoms with van der Waals surface area (Å²) in [6.45, 7) is 4.65. The average Bonchev–Trinajstić information content (AvgIpc) is 3.68. The van der Waals surface area contributed by atoms with Crippen molar-refractivity contribution in [3.8, 4) is 39.5 Å². The third kappa shape index (κ3) is 6.00. The van der Waals surface area contributed by atoms with E-state index in [0.717, 1.165) is 67.1 Å². The summed E-state index contributed by atoms with van der Waals surface area (Å²) in [7, 11) is 3.43. The van der Waals surface area contributed by atoms with E-state index in [-0.39, 0.29) is 16.9 Å². The Balaban J connectivity index is 1.01. The number of hydrogen-bond acceptors (Lipinski definition) is 10. The first kappa shape index (κ1) is 33.0. The molecule has 1 aliphatic carbocycles. The van der Waals surface area contributed by atoms with E-state index in [2.05, 4.69) is 20.4 Å². The van der Waals surface area contributed by atoms with Crippen molar-refractivity contribution in [3.63, 3.8) is 0 Å². The summed E-state index contributed by atoms with van der Waals surface area (Å²) in [6.07, 6.45) is 7.34. The van der Waals surface area contributed by atoms with Gasteiger partial charge in [0.2, 0.25) is 11.8 Å². The second-order valence-electron chi connectivity index (χ2n) is 14.2. The van der Waals surface area contributed by atoms with Crippen LogP contribution < -0.4 is 15.4 Å². The van der Waals surface area contributed by atoms with Crippen molar-refractivity contribution in [2.45, 2.75) is 50.7 Å². The van der Waals surface area contributed by atoms with Gasteiger partial charge in [0.25, 0.3) is 0 Å². The van der Waals surface area contributed by atoms with Crippen LogP contribution in [-0.4, -0.2) is 87.3 Å². The van der Waals surface area contributed by atoms with Crippen molar-refractivity contribution >= 4 is 40.7 Å². The monoisotopic (exact) mass is 712 g/mol. The van der Waals surface area contributed by atoms with E-state index in [1.165, 1.54) is 0 Å². The Hall–Kier alpha value is -4.16. The Morgan fingerprint density at radius 2 is 1.42 bits per heavy atom. The highest BCUT2D eigenvalue weighted by Crippen LogP contribution is 2.45. The number of carbonyl (C=O) groups excluding carboxylic acids is 2. The van der Waals surface area contributed by atoms with Gasteiger partial charge in [0.1, 0.15) is 17.3 Å². The molecule has 3 saturated heterocycles. The fraction of sp³-hybridized carbons (Fsp3) is 0.405. The van der Waals surface area contributed by atoms with Gasteiger partial charge in [-0.2, -0.15) is 0 Å².